The molecule has 3 aliphatic heterocycles. The maximum Gasteiger partial charge on any atom is 0.0703 e. The molecule has 0 aromatic heterocycles. The van der Waals surface area contributed by atoms with Gasteiger partial charge in [0.15, 0.2) is 0 Å². The van der Waals surface area contributed by atoms with E-state index in [-0.39, 0.29) is 0 Å². The number of hydrogen-bond donors (Lipinski definition) is 0. The quantitative estimate of drug-likeness (QED) is 0.728. The van der Waals surface area contributed by atoms with Gasteiger partial charge in [-0.05, 0) is 39.2 Å². The van der Waals surface area contributed by atoms with Crippen molar-refractivity contribution in [1.29, 1.82) is 0 Å². The molecule has 0 aliphatic carbocycles. The molecule has 4 unspecified atom stereocenters. The summed E-state index contributed by atoms with van der Waals surface area (Å²) in [7, 11) is 0. The minimum absolute atomic E-state index is 0.442. The fourth-order valence-electron chi connectivity index (χ4n) is 4.04. The van der Waals surface area contributed by atoms with Gasteiger partial charge in [-0.2, -0.15) is 0 Å². The Morgan fingerprint density at radius 3 is 2.82 bits per heavy atom. The van der Waals surface area contributed by atoms with Gasteiger partial charge in [0.25, 0.3) is 0 Å². The van der Waals surface area contributed by atoms with Crippen molar-refractivity contribution in [2.45, 2.75) is 63.8 Å². The van der Waals surface area contributed by atoms with Crippen LogP contribution in [-0.2, 0) is 4.74 Å². The molecule has 3 fully saturated rings. The van der Waals surface area contributed by atoms with E-state index in [9.17, 15) is 0 Å². The fourth-order valence-corrected chi connectivity index (χ4v) is 4.04. The highest BCUT2D eigenvalue weighted by molar-refractivity contribution is 4.96. The summed E-state index contributed by atoms with van der Waals surface area (Å²) in [5.41, 5.74) is 0. The second-order valence-electron chi connectivity index (χ2n) is 5.98. The summed E-state index contributed by atoms with van der Waals surface area (Å²) in [6.07, 6.45) is 5.79. The summed E-state index contributed by atoms with van der Waals surface area (Å²) < 4.78 is 5.77. The molecule has 4 atom stereocenters. The van der Waals surface area contributed by atoms with Crippen LogP contribution in [0, 0.1) is 0 Å². The van der Waals surface area contributed by atoms with Crippen molar-refractivity contribution in [2.24, 2.45) is 0 Å². The topological polar surface area (TPSA) is 15.7 Å². The summed E-state index contributed by atoms with van der Waals surface area (Å²) in [5, 5.41) is 0. The normalized spacial score (nSPS) is 44.1. The lowest BCUT2D eigenvalue weighted by molar-refractivity contribution is -0.00641. The Hall–Kier alpha value is -0.120. The first-order chi connectivity index (χ1) is 8.29. The monoisotopic (exact) mass is 238 g/mol. The van der Waals surface area contributed by atoms with Crippen molar-refractivity contribution in [2.75, 3.05) is 26.2 Å². The highest BCUT2D eigenvalue weighted by Gasteiger charge is 2.41. The first kappa shape index (κ1) is 11.9. The average molecular weight is 238 g/mol. The molecule has 3 heteroatoms. The molecule has 0 aromatic rings. The molecule has 0 saturated carbocycles. The van der Waals surface area contributed by atoms with Gasteiger partial charge < -0.3 is 4.74 Å². The third-order valence-corrected chi connectivity index (χ3v) is 5.07. The largest absolute Gasteiger partial charge is 0.377 e. The molecular formula is C14H26N2O. The number of rotatable bonds is 2. The molecule has 0 bridgehead atoms. The van der Waals surface area contributed by atoms with Gasteiger partial charge in [0.2, 0.25) is 0 Å². The predicted molar refractivity (Wildman–Crippen MR) is 69.2 cm³/mol. The minimum Gasteiger partial charge on any atom is -0.377 e. The van der Waals surface area contributed by atoms with Gasteiger partial charge in [0.1, 0.15) is 0 Å². The molecular weight excluding hydrogens is 212 g/mol. The molecule has 3 heterocycles. The number of ether oxygens (including phenoxy) is 1. The Morgan fingerprint density at radius 1 is 1.24 bits per heavy atom. The van der Waals surface area contributed by atoms with Crippen molar-refractivity contribution in [3.63, 3.8) is 0 Å². The third kappa shape index (κ3) is 2.13. The Labute approximate surface area is 105 Å². The number of nitrogens with zero attached hydrogens (tertiary/aromatic N) is 2. The van der Waals surface area contributed by atoms with E-state index in [0.717, 1.165) is 18.7 Å². The third-order valence-electron chi connectivity index (χ3n) is 5.07. The molecule has 0 N–H and O–H groups in total. The zero-order chi connectivity index (χ0) is 11.8. The van der Waals surface area contributed by atoms with Crippen LogP contribution in [0.3, 0.4) is 0 Å². The molecule has 17 heavy (non-hydrogen) atoms. The number of piperazine rings is 1. The number of hydrogen-bond acceptors (Lipinski definition) is 3. The van der Waals surface area contributed by atoms with Gasteiger partial charge in [-0.3, -0.25) is 9.80 Å². The first-order valence-corrected chi connectivity index (χ1v) is 7.41. The molecule has 3 nitrogen and oxygen atoms in total. The SMILES string of the molecule is CCC1CN2CCCC2CN1C1CCOC1C. The predicted octanol–water partition coefficient (Wildman–Crippen LogP) is 1.72. The van der Waals surface area contributed by atoms with Crippen LogP contribution in [0.1, 0.15) is 39.5 Å². The molecule has 0 spiro atoms. The van der Waals surface area contributed by atoms with Crippen molar-refractivity contribution in [3.8, 4) is 0 Å². The smallest absolute Gasteiger partial charge is 0.0703 e. The van der Waals surface area contributed by atoms with Crippen LogP contribution in [0.2, 0.25) is 0 Å². The highest BCUT2D eigenvalue weighted by Crippen LogP contribution is 2.31. The van der Waals surface area contributed by atoms with Crippen LogP contribution in [-0.4, -0.2) is 60.3 Å². The molecule has 3 rings (SSSR count). The summed E-state index contributed by atoms with van der Waals surface area (Å²) in [4.78, 5) is 5.51. The lowest BCUT2D eigenvalue weighted by Gasteiger charge is -2.47. The summed E-state index contributed by atoms with van der Waals surface area (Å²) >= 11 is 0. The molecule has 0 amide bonds. The first-order valence-electron chi connectivity index (χ1n) is 7.41. The lowest BCUT2D eigenvalue weighted by atomic mass is 9.99. The summed E-state index contributed by atoms with van der Waals surface area (Å²) in [6, 6.07) is 2.28. The van der Waals surface area contributed by atoms with Gasteiger partial charge in [-0.15, -0.1) is 0 Å². The van der Waals surface area contributed by atoms with Crippen LogP contribution in [0.15, 0.2) is 0 Å². The molecule has 3 aliphatic rings. The Kier molecular flexibility index (Phi) is 3.42. The van der Waals surface area contributed by atoms with Crippen molar-refractivity contribution >= 4 is 0 Å². The average Bonchev–Trinajstić information content (AvgIpc) is 2.94. The van der Waals surface area contributed by atoms with Gasteiger partial charge >= 0.3 is 0 Å². The summed E-state index contributed by atoms with van der Waals surface area (Å²) in [6.45, 7) is 9.49. The van der Waals surface area contributed by atoms with E-state index in [2.05, 4.69) is 23.6 Å². The van der Waals surface area contributed by atoms with Crippen LogP contribution < -0.4 is 0 Å². The van der Waals surface area contributed by atoms with Crippen molar-refractivity contribution in [3.05, 3.63) is 0 Å². The maximum absolute atomic E-state index is 5.77. The maximum atomic E-state index is 5.77. The Bertz CT molecular complexity index is 271. The molecule has 3 saturated heterocycles. The zero-order valence-corrected chi connectivity index (χ0v) is 11.3. The van der Waals surface area contributed by atoms with Crippen LogP contribution in [0.25, 0.3) is 0 Å². The van der Waals surface area contributed by atoms with E-state index in [1.54, 1.807) is 0 Å². The van der Waals surface area contributed by atoms with E-state index in [0.29, 0.717) is 12.1 Å². The Morgan fingerprint density at radius 2 is 2.12 bits per heavy atom. The van der Waals surface area contributed by atoms with Crippen molar-refractivity contribution < 1.29 is 4.74 Å². The second kappa shape index (κ2) is 4.87. The fraction of sp³-hybridized carbons (Fsp3) is 1.00. The van der Waals surface area contributed by atoms with E-state index < -0.39 is 0 Å². The minimum atomic E-state index is 0.442. The van der Waals surface area contributed by atoms with Gasteiger partial charge in [-0.25, -0.2) is 0 Å². The number of fused-ring (bicyclic) bond motifs is 1. The van der Waals surface area contributed by atoms with Crippen LogP contribution in [0.4, 0.5) is 0 Å². The van der Waals surface area contributed by atoms with Crippen LogP contribution in [0.5, 0.6) is 0 Å². The second-order valence-corrected chi connectivity index (χ2v) is 5.98. The summed E-state index contributed by atoms with van der Waals surface area (Å²) in [5.74, 6) is 0. The Balaban J connectivity index is 1.72. The van der Waals surface area contributed by atoms with E-state index in [4.69, 9.17) is 4.74 Å². The van der Waals surface area contributed by atoms with Gasteiger partial charge in [0.05, 0.1) is 6.10 Å². The van der Waals surface area contributed by atoms with Gasteiger partial charge in [0, 0.05) is 37.8 Å². The lowest BCUT2D eigenvalue weighted by Crippen LogP contribution is -2.60. The molecule has 0 radical (unpaired) electrons. The van der Waals surface area contributed by atoms with Gasteiger partial charge in [-0.1, -0.05) is 6.92 Å². The zero-order valence-electron chi connectivity index (χ0n) is 11.3. The highest BCUT2D eigenvalue weighted by atomic mass is 16.5. The molecule has 98 valence electrons. The van der Waals surface area contributed by atoms with E-state index in [1.807, 2.05) is 0 Å². The van der Waals surface area contributed by atoms with Crippen LogP contribution >= 0.6 is 0 Å². The van der Waals surface area contributed by atoms with E-state index >= 15 is 0 Å². The van der Waals surface area contributed by atoms with Crippen molar-refractivity contribution in [1.82, 2.24) is 9.80 Å². The standard InChI is InChI=1S/C14H26N2O/c1-3-12-9-15-7-4-5-13(15)10-16(12)14-6-8-17-11(14)2/h11-14H,3-10H2,1-2H3. The van der Waals surface area contributed by atoms with E-state index in [1.165, 1.54) is 45.3 Å². The molecule has 0 aromatic carbocycles.